The van der Waals surface area contributed by atoms with E-state index < -0.39 is 46.9 Å². The number of hydrogen-bond donors (Lipinski definition) is 2. The number of halogens is 1. The van der Waals surface area contributed by atoms with Crippen LogP contribution in [0.2, 0.25) is 5.02 Å². The maximum atomic E-state index is 12.5. The Kier molecular flexibility index (Phi) is 6.98. The number of rotatable bonds is 8. The molecule has 1 aliphatic heterocycles. The van der Waals surface area contributed by atoms with Crippen molar-refractivity contribution in [3.8, 4) is 0 Å². The van der Waals surface area contributed by atoms with E-state index in [2.05, 4.69) is 10.6 Å². The third-order valence-electron chi connectivity index (χ3n) is 4.84. The van der Waals surface area contributed by atoms with Gasteiger partial charge in [-0.15, -0.1) is 0 Å². The van der Waals surface area contributed by atoms with E-state index in [1.807, 2.05) is 0 Å². The van der Waals surface area contributed by atoms with Gasteiger partial charge in [0.15, 0.2) is 6.10 Å². The predicted octanol–water partition coefficient (Wildman–Crippen LogP) is 2.23. The number of ether oxygens (including phenoxy) is 1. The zero-order chi connectivity index (χ0) is 22.6. The van der Waals surface area contributed by atoms with E-state index >= 15 is 0 Å². The highest BCUT2D eigenvalue weighted by Crippen LogP contribution is 2.27. The molecule has 2 N–H and O–H groups in total. The maximum Gasteiger partial charge on any atom is 0.327 e. The number of hydrogen-bond acceptors (Lipinski definition) is 7. The first-order chi connectivity index (χ1) is 14.0. The van der Waals surface area contributed by atoms with Gasteiger partial charge in [0.05, 0.1) is 15.6 Å². The molecule has 1 heterocycles. The van der Waals surface area contributed by atoms with Crippen LogP contribution in [0, 0.1) is 10.1 Å². The summed E-state index contributed by atoms with van der Waals surface area (Å²) in [7, 11) is 0. The van der Waals surface area contributed by atoms with Gasteiger partial charge < -0.3 is 15.4 Å². The zero-order valence-corrected chi connectivity index (χ0v) is 17.3. The molecule has 11 nitrogen and oxygen atoms in total. The SMILES string of the molecule is CCC1(CC)NC(=O)N(CC(=O)O[C@@H](C)C(=O)Nc2cc([N+](=O)[O-])ccc2Cl)C1=O. The smallest absolute Gasteiger partial charge is 0.327 e. The van der Waals surface area contributed by atoms with Gasteiger partial charge in [-0.3, -0.25) is 29.4 Å². The fourth-order valence-electron chi connectivity index (χ4n) is 2.92. The molecule has 0 unspecified atom stereocenters. The summed E-state index contributed by atoms with van der Waals surface area (Å²) < 4.78 is 4.99. The van der Waals surface area contributed by atoms with Crippen LogP contribution in [0.5, 0.6) is 0 Å². The van der Waals surface area contributed by atoms with Crippen LogP contribution in [0.4, 0.5) is 16.2 Å². The van der Waals surface area contributed by atoms with Gasteiger partial charge in [0.25, 0.3) is 17.5 Å². The number of urea groups is 1. The number of non-ortho nitro benzene ring substituents is 1. The second-order valence-corrected chi connectivity index (χ2v) is 7.06. The molecular formula is C18H21ClN4O7. The number of anilines is 1. The number of carbonyl (C=O) groups excluding carboxylic acids is 4. The molecule has 0 aromatic heterocycles. The van der Waals surface area contributed by atoms with Crippen molar-refractivity contribution < 1.29 is 28.8 Å². The molecule has 1 fully saturated rings. The summed E-state index contributed by atoms with van der Waals surface area (Å²) in [5.41, 5.74) is -1.36. The van der Waals surface area contributed by atoms with Crippen LogP contribution in [-0.4, -0.2) is 51.8 Å². The molecule has 1 saturated heterocycles. The average Bonchev–Trinajstić information content (AvgIpc) is 2.93. The Bertz CT molecular complexity index is 901. The molecule has 1 aliphatic rings. The van der Waals surface area contributed by atoms with Crippen molar-refractivity contribution in [1.29, 1.82) is 0 Å². The fourth-order valence-corrected chi connectivity index (χ4v) is 3.09. The first-order valence-electron chi connectivity index (χ1n) is 9.13. The first-order valence-corrected chi connectivity index (χ1v) is 9.50. The van der Waals surface area contributed by atoms with Crippen molar-refractivity contribution in [3.63, 3.8) is 0 Å². The molecule has 2 rings (SSSR count). The molecule has 30 heavy (non-hydrogen) atoms. The number of nitrogens with one attached hydrogen (secondary N) is 2. The van der Waals surface area contributed by atoms with Gasteiger partial charge in [-0.25, -0.2) is 4.79 Å². The van der Waals surface area contributed by atoms with Crippen molar-refractivity contribution >= 4 is 46.8 Å². The first kappa shape index (κ1) is 23.1. The average molecular weight is 441 g/mol. The number of imide groups is 1. The summed E-state index contributed by atoms with van der Waals surface area (Å²) >= 11 is 5.92. The fraction of sp³-hybridized carbons (Fsp3) is 0.444. The molecule has 0 aliphatic carbocycles. The van der Waals surface area contributed by atoms with Crippen LogP contribution in [0.25, 0.3) is 0 Å². The van der Waals surface area contributed by atoms with E-state index in [9.17, 15) is 29.3 Å². The van der Waals surface area contributed by atoms with Crippen LogP contribution in [0.15, 0.2) is 18.2 Å². The largest absolute Gasteiger partial charge is 0.451 e. The van der Waals surface area contributed by atoms with E-state index in [4.69, 9.17) is 16.3 Å². The summed E-state index contributed by atoms with van der Waals surface area (Å²) in [5, 5.41) is 15.8. The van der Waals surface area contributed by atoms with Gasteiger partial charge in [-0.2, -0.15) is 0 Å². The number of esters is 1. The van der Waals surface area contributed by atoms with Crippen LogP contribution < -0.4 is 10.6 Å². The van der Waals surface area contributed by atoms with Gasteiger partial charge in [0.1, 0.15) is 12.1 Å². The molecule has 12 heteroatoms. The number of nitro benzene ring substituents is 1. The minimum Gasteiger partial charge on any atom is -0.451 e. The molecular weight excluding hydrogens is 420 g/mol. The van der Waals surface area contributed by atoms with E-state index in [1.54, 1.807) is 13.8 Å². The topological polar surface area (TPSA) is 148 Å². The Morgan fingerprint density at radius 1 is 1.33 bits per heavy atom. The molecule has 0 spiro atoms. The van der Waals surface area contributed by atoms with Crippen LogP contribution in [0.1, 0.15) is 33.6 Å². The summed E-state index contributed by atoms with van der Waals surface area (Å²) in [6.07, 6.45) is -0.583. The molecule has 0 radical (unpaired) electrons. The molecule has 4 amide bonds. The summed E-state index contributed by atoms with van der Waals surface area (Å²) in [6.45, 7) is 4.11. The molecule has 162 valence electrons. The van der Waals surface area contributed by atoms with Crippen molar-refractivity contribution in [3.05, 3.63) is 33.3 Å². The van der Waals surface area contributed by atoms with Gasteiger partial charge in [0.2, 0.25) is 0 Å². The van der Waals surface area contributed by atoms with Gasteiger partial charge in [-0.05, 0) is 25.8 Å². The van der Waals surface area contributed by atoms with Gasteiger partial charge in [-0.1, -0.05) is 25.4 Å². The number of carbonyl (C=O) groups is 4. The van der Waals surface area contributed by atoms with E-state index in [0.717, 1.165) is 11.0 Å². The van der Waals surface area contributed by atoms with Crippen molar-refractivity contribution in [1.82, 2.24) is 10.2 Å². The summed E-state index contributed by atoms with van der Waals surface area (Å²) in [4.78, 5) is 60.0. The van der Waals surface area contributed by atoms with E-state index in [-0.39, 0.29) is 16.4 Å². The number of nitrogens with zero attached hydrogens (tertiary/aromatic N) is 2. The minimum absolute atomic E-state index is 0.0245. The van der Waals surface area contributed by atoms with Crippen LogP contribution in [0.3, 0.4) is 0 Å². The quantitative estimate of drug-likeness (QED) is 0.272. The van der Waals surface area contributed by atoms with Crippen LogP contribution in [-0.2, 0) is 19.1 Å². The summed E-state index contributed by atoms with van der Waals surface area (Å²) in [6, 6.07) is 2.78. The third kappa shape index (κ3) is 4.67. The zero-order valence-electron chi connectivity index (χ0n) is 16.6. The lowest BCUT2D eigenvalue weighted by Gasteiger charge is -2.23. The molecule has 1 aromatic rings. The van der Waals surface area contributed by atoms with Gasteiger partial charge >= 0.3 is 12.0 Å². The Morgan fingerprint density at radius 2 is 1.97 bits per heavy atom. The second kappa shape index (κ2) is 9.08. The lowest BCUT2D eigenvalue weighted by Crippen LogP contribution is -2.46. The molecule has 1 aromatic carbocycles. The monoisotopic (exact) mass is 440 g/mol. The number of amides is 4. The lowest BCUT2D eigenvalue weighted by atomic mass is 9.93. The van der Waals surface area contributed by atoms with E-state index in [1.165, 1.54) is 19.1 Å². The van der Waals surface area contributed by atoms with E-state index in [0.29, 0.717) is 12.8 Å². The minimum atomic E-state index is -1.31. The highest BCUT2D eigenvalue weighted by atomic mass is 35.5. The third-order valence-corrected chi connectivity index (χ3v) is 5.17. The summed E-state index contributed by atoms with van der Waals surface area (Å²) in [5.74, 6) is -2.29. The van der Waals surface area contributed by atoms with Crippen LogP contribution >= 0.6 is 11.6 Å². The molecule has 0 saturated carbocycles. The normalized spacial score (nSPS) is 16.1. The number of nitro groups is 1. The Balaban J connectivity index is 2.00. The highest BCUT2D eigenvalue weighted by molar-refractivity contribution is 6.33. The highest BCUT2D eigenvalue weighted by Gasteiger charge is 2.49. The Hall–Kier alpha value is -3.21. The van der Waals surface area contributed by atoms with Crippen molar-refractivity contribution in [2.75, 3.05) is 11.9 Å². The lowest BCUT2D eigenvalue weighted by molar-refractivity contribution is -0.384. The Morgan fingerprint density at radius 3 is 2.50 bits per heavy atom. The predicted molar refractivity (Wildman–Crippen MR) is 106 cm³/mol. The molecule has 0 bridgehead atoms. The maximum absolute atomic E-state index is 12.5. The van der Waals surface area contributed by atoms with Gasteiger partial charge in [0, 0.05) is 12.1 Å². The van der Waals surface area contributed by atoms with Crippen molar-refractivity contribution in [2.24, 2.45) is 0 Å². The second-order valence-electron chi connectivity index (χ2n) is 6.65. The molecule has 1 atom stereocenters. The standard InChI is InChI=1S/C18H21ClN4O7/c1-4-18(5-2)16(26)22(17(27)21-18)9-14(24)30-10(3)15(25)20-13-8-11(23(28)29)6-7-12(13)19/h6-8,10H,4-5,9H2,1-3H3,(H,20,25)(H,21,27)/t10-/m0/s1. The number of benzene rings is 1. The van der Waals surface area contributed by atoms with Crippen molar-refractivity contribution in [2.45, 2.75) is 45.3 Å². The Labute approximate surface area is 176 Å².